The molecular formula is C13H11Cl2N3O3. The molecule has 0 aliphatic carbocycles. The van der Waals surface area contributed by atoms with E-state index in [2.05, 4.69) is 9.73 Å². The lowest BCUT2D eigenvalue weighted by Gasteiger charge is -2.06. The van der Waals surface area contributed by atoms with E-state index < -0.39 is 17.9 Å². The van der Waals surface area contributed by atoms with Gasteiger partial charge in [-0.25, -0.2) is 4.79 Å². The molecule has 0 fully saturated rings. The fourth-order valence-corrected chi connectivity index (χ4v) is 1.76. The van der Waals surface area contributed by atoms with Crippen LogP contribution in [-0.2, 0) is 9.53 Å². The number of ether oxygens (including phenoxy) is 1. The molecule has 0 heterocycles. The number of carbonyl (C=O) groups is 2. The summed E-state index contributed by atoms with van der Waals surface area (Å²) in [5, 5.41) is 11.4. The van der Waals surface area contributed by atoms with Crippen LogP contribution in [0.5, 0.6) is 0 Å². The molecular weight excluding hydrogens is 317 g/mol. The molecule has 1 N–H and O–H groups in total. The third-order valence-electron chi connectivity index (χ3n) is 2.21. The summed E-state index contributed by atoms with van der Waals surface area (Å²) >= 11 is 11.8. The molecule has 0 saturated heterocycles. The monoisotopic (exact) mass is 327 g/mol. The van der Waals surface area contributed by atoms with Gasteiger partial charge in [0.05, 0.1) is 28.4 Å². The number of amides is 2. The molecule has 0 aliphatic rings. The first kappa shape index (κ1) is 17.0. The highest BCUT2D eigenvalue weighted by molar-refractivity contribution is 6.38. The zero-order chi connectivity index (χ0) is 15.8. The van der Waals surface area contributed by atoms with Crippen LogP contribution in [0, 0.1) is 17.2 Å². The molecule has 6 nitrogen and oxygen atoms in total. The van der Waals surface area contributed by atoms with Crippen molar-refractivity contribution in [2.45, 2.75) is 6.92 Å². The van der Waals surface area contributed by atoms with Crippen molar-refractivity contribution in [2.24, 2.45) is 10.9 Å². The Kier molecular flexibility index (Phi) is 6.66. The quantitative estimate of drug-likeness (QED) is 0.860. The standard InChI is InChI=1S/C13H11Cl2N3O3/c1-2-21-13(20)18-12(19)8(6-16)7-17-11-9(14)4-3-5-10(11)15/h3-5,7-8H,2H2,1H3,(H,18,19,20). The molecule has 0 spiro atoms. The normalized spacial score (nSPS) is 11.7. The van der Waals surface area contributed by atoms with Gasteiger partial charge in [0.2, 0.25) is 0 Å². The summed E-state index contributed by atoms with van der Waals surface area (Å²) in [6.45, 7) is 1.70. The molecule has 8 heteroatoms. The summed E-state index contributed by atoms with van der Waals surface area (Å²) in [7, 11) is 0. The van der Waals surface area contributed by atoms with E-state index >= 15 is 0 Å². The predicted molar refractivity (Wildman–Crippen MR) is 78.9 cm³/mol. The lowest BCUT2D eigenvalue weighted by Crippen LogP contribution is -2.36. The molecule has 0 radical (unpaired) electrons. The van der Waals surface area contributed by atoms with Crippen LogP contribution in [0.15, 0.2) is 23.2 Å². The minimum atomic E-state index is -1.28. The maximum absolute atomic E-state index is 11.7. The number of alkyl carbamates (subject to hydrolysis) is 1. The summed E-state index contributed by atoms with van der Waals surface area (Å²) < 4.78 is 4.54. The summed E-state index contributed by atoms with van der Waals surface area (Å²) in [6, 6.07) is 6.48. The van der Waals surface area contributed by atoms with Gasteiger partial charge in [-0.3, -0.25) is 15.1 Å². The molecule has 0 saturated carbocycles. The van der Waals surface area contributed by atoms with Gasteiger partial charge in [0.15, 0.2) is 5.92 Å². The van der Waals surface area contributed by atoms with Gasteiger partial charge in [0.25, 0.3) is 5.91 Å². The van der Waals surface area contributed by atoms with Crippen LogP contribution in [0.2, 0.25) is 10.0 Å². The van der Waals surface area contributed by atoms with Crippen LogP contribution in [0.3, 0.4) is 0 Å². The van der Waals surface area contributed by atoms with E-state index in [0.29, 0.717) is 0 Å². The zero-order valence-corrected chi connectivity index (χ0v) is 12.5. The smallest absolute Gasteiger partial charge is 0.413 e. The van der Waals surface area contributed by atoms with Crippen LogP contribution in [-0.4, -0.2) is 24.8 Å². The third-order valence-corrected chi connectivity index (χ3v) is 2.82. The number of benzene rings is 1. The second-order valence-corrected chi connectivity index (χ2v) is 4.48. The van der Waals surface area contributed by atoms with Gasteiger partial charge < -0.3 is 4.74 Å². The molecule has 1 aromatic rings. The van der Waals surface area contributed by atoms with Gasteiger partial charge in [-0.05, 0) is 19.1 Å². The van der Waals surface area contributed by atoms with Crippen LogP contribution < -0.4 is 5.32 Å². The number of imide groups is 1. The average Bonchev–Trinajstić information content (AvgIpc) is 2.42. The molecule has 1 aromatic carbocycles. The van der Waals surface area contributed by atoms with Crippen molar-refractivity contribution in [3.8, 4) is 6.07 Å². The Balaban J connectivity index is 2.83. The fourth-order valence-electron chi connectivity index (χ4n) is 1.27. The van der Waals surface area contributed by atoms with Crippen LogP contribution in [0.4, 0.5) is 10.5 Å². The molecule has 0 aromatic heterocycles. The minimum Gasteiger partial charge on any atom is -0.450 e. The maximum Gasteiger partial charge on any atom is 0.413 e. The predicted octanol–water partition coefficient (Wildman–Crippen LogP) is 3.11. The van der Waals surface area contributed by atoms with Gasteiger partial charge >= 0.3 is 6.09 Å². The molecule has 21 heavy (non-hydrogen) atoms. The highest BCUT2D eigenvalue weighted by atomic mass is 35.5. The molecule has 110 valence electrons. The number of nitrogens with one attached hydrogen (secondary N) is 1. The van der Waals surface area contributed by atoms with E-state index in [0.717, 1.165) is 6.21 Å². The Bertz CT molecular complexity index is 591. The molecule has 1 rings (SSSR count). The van der Waals surface area contributed by atoms with Crippen LogP contribution in [0.1, 0.15) is 6.92 Å². The topological polar surface area (TPSA) is 91.5 Å². The number of rotatable bonds is 4. The van der Waals surface area contributed by atoms with E-state index in [1.807, 2.05) is 5.32 Å². The van der Waals surface area contributed by atoms with Crippen LogP contribution >= 0.6 is 23.2 Å². The maximum atomic E-state index is 11.7. The second-order valence-electron chi connectivity index (χ2n) is 3.66. The lowest BCUT2D eigenvalue weighted by atomic mass is 10.2. The minimum absolute atomic E-state index is 0.111. The number of nitrogens with zero attached hydrogens (tertiary/aromatic N) is 2. The van der Waals surface area contributed by atoms with E-state index in [1.165, 1.54) is 0 Å². The number of aliphatic imine (C=N–C) groups is 1. The number of nitriles is 1. The summed E-state index contributed by atoms with van der Waals surface area (Å²) in [5.41, 5.74) is 0.241. The SMILES string of the molecule is CCOC(=O)NC(=O)C(C#N)C=Nc1c(Cl)cccc1Cl. The van der Waals surface area contributed by atoms with Gasteiger partial charge in [0.1, 0.15) is 0 Å². The molecule has 0 bridgehead atoms. The van der Waals surface area contributed by atoms with Crippen molar-refractivity contribution in [3.63, 3.8) is 0 Å². The first-order chi connectivity index (χ1) is 9.99. The average molecular weight is 328 g/mol. The Morgan fingerprint density at radius 1 is 1.48 bits per heavy atom. The number of para-hydroxylation sites is 1. The van der Waals surface area contributed by atoms with Gasteiger partial charge in [-0.15, -0.1) is 0 Å². The number of hydrogen-bond donors (Lipinski definition) is 1. The van der Waals surface area contributed by atoms with Gasteiger partial charge in [0, 0.05) is 6.21 Å². The van der Waals surface area contributed by atoms with Crippen molar-refractivity contribution in [1.82, 2.24) is 5.32 Å². The molecule has 0 aliphatic heterocycles. The van der Waals surface area contributed by atoms with E-state index in [9.17, 15) is 9.59 Å². The Hall–Kier alpha value is -2.10. The molecule has 2 amide bonds. The largest absolute Gasteiger partial charge is 0.450 e. The van der Waals surface area contributed by atoms with Crippen molar-refractivity contribution < 1.29 is 14.3 Å². The number of halogens is 2. The Morgan fingerprint density at radius 2 is 2.10 bits per heavy atom. The van der Waals surface area contributed by atoms with Gasteiger partial charge in [-0.1, -0.05) is 29.3 Å². The second kappa shape index (κ2) is 8.25. The number of hydrogen-bond acceptors (Lipinski definition) is 5. The lowest BCUT2D eigenvalue weighted by molar-refractivity contribution is -0.121. The van der Waals surface area contributed by atoms with Crippen molar-refractivity contribution in [3.05, 3.63) is 28.2 Å². The Labute approximate surface area is 131 Å². The third kappa shape index (κ3) is 5.06. The highest BCUT2D eigenvalue weighted by Gasteiger charge is 2.19. The van der Waals surface area contributed by atoms with Gasteiger partial charge in [-0.2, -0.15) is 5.26 Å². The first-order valence-corrected chi connectivity index (χ1v) is 6.60. The van der Waals surface area contributed by atoms with Crippen molar-refractivity contribution in [2.75, 3.05) is 6.61 Å². The Morgan fingerprint density at radius 3 is 2.62 bits per heavy atom. The van der Waals surface area contributed by atoms with E-state index in [1.54, 1.807) is 31.2 Å². The summed E-state index contributed by atoms with van der Waals surface area (Å²) in [4.78, 5) is 26.7. The zero-order valence-electron chi connectivity index (χ0n) is 11.0. The van der Waals surface area contributed by atoms with E-state index in [4.69, 9.17) is 28.5 Å². The summed E-state index contributed by atoms with van der Waals surface area (Å²) in [5.74, 6) is -2.12. The van der Waals surface area contributed by atoms with E-state index in [-0.39, 0.29) is 22.3 Å². The fraction of sp³-hybridized carbons (Fsp3) is 0.231. The molecule has 1 atom stereocenters. The van der Waals surface area contributed by atoms with Crippen LogP contribution in [0.25, 0.3) is 0 Å². The van der Waals surface area contributed by atoms with Crippen molar-refractivity contribution >= 4 is 47.1 Å². The first-order valence-electron chi connectivity index (χ1n) is 5.85. The number of carbonyl (C=O) groups excluding carboxylic acids is 2. The molecule has 1 unspecified atom stereocenters. The summed E-state index contributed by atoms with van der Waals surface area (Å²) in [6.07, 6.45) is 0.133. The van der Waals surface area contributed by atoms with Crippen molar-refractivity contribution in [1.29, 1.82) is 5.26 Å². The highest BCUT2D eigenvalue weighted by Crippen LogP contribution is 2.32.